The maximum atomic E-state index is 12.2. The molecule has 1 heterocycles. The molecule has 132 valence electrons. The van der Waals surface area contributed by atoms with Crippen LogP contribution in [0.15, 0.2) is 36.4 Å². The topological polar surface area (TPSA) is 72.9 Å². The summed E-state index contributed by atoms with van der Waals surface area (Å²) in [4.78, 5) is 37.9. The Morgan fingerprint density at radius 1 is 1.24 bits per heavy atom. The summed E-state index contributed by atoms with van der Waals surface area (Å²) in [6.07, 6.45) is 0.878. The number of benzene rings is 1. The van der Waals surface area contributed by atoms with Crippen molar-refractivity contribution in [2.45, 2.75) is 25.6 Å². The summed E-state index contributed by atoms with van der Waals surface area (Å²) in [5, 5.41) is -1.33. The van der Waals surface area contributed by atoms with Crippen molar-refractivity contribution in [2.75, 3.05) is 20.1 Å². The summed E-state index contributed by atoms with van der Waals surface area (Å²) >= 11 is 0. The molecule has 1 aliphatic heterocycles. The molecule has 25 heavy (non-hydrogen) atoms. The maximum absolute atomic E-state index is 12.2. The van der Waals surface area contributed by atoms with Gasteiger partial charge in [-0.25, -0.2) is 0 Å². The molecule has 0 aliphatic carbocycles. The second-order valence-corrected chi connectivity index (χ2v) is 6.64. The second kappa shape index (κ2) is 7.65. The zero-order valence-electron chi connectivity index (χ0n) is 14.8. The van der Waals surface area contributed by atoms with Gasteiger partial charge in [0, 0.05) is 0 Å². The van der Waals surface area contributed by atoms with Crippen LogP contribution in [0, 0.1) is 6.92 Å². The number of carbonyl (C=O) groups is 3. The Hall–Kier alpha value is -2.41. The van der Waals surface area contributed by atoms with Gasteiger partial charge >= 0.3 is 19.1 Å². The molecule has 0 aromatic heterocycles. The maximum Gasteiger partial charge on any atom is 0.617 e. The van der Waals surface area contributed by atoms with Gasteiger partial charge in [0.05, 0.1) is 13.1 Å². The molecule has 0 N–H and O–H groups in total. The van der Waals surface area contributed by atoms with Gasteiger partial charge in [-0.2, -0.15) is 0 Å². The van der Waals surface area contributed by atoms with Crippen molar-refractivity contribution in [3.63, 3.8) is 0 Å². The van der Waals surface area contributed by atoms with E-state index in [0.29, 0.717) is 17.4 Å². The molecule has 0 amide bonds. The molecule has 6 nitrogen and oxygen atoms in total. The molecular weight excluding hydrogens is 321 g/mol. The lowest BCUT2D eigenvalue weighted by Gasteiger charge is -2.33. The molecule has 1 fully saturated rings. The highest BCUT2D eigenvalue weighted by molar-refractivity contribution is 6.57. The monoisotopic (exact) mass is 343 g/mol. The standard InChI is InChI=1S/C18H22BNO5/c1-13(2)9-18(12-21,15-7-5-14(3)6-8-15)19-24-16(22)10-20(4)11-17(23)25-19/h5-8,12H,1,9-11H2,2-4H3. The van der Waals surface area contributed by atoms with Gasteiger partial charge in [-0.05, 0) is 32.9 Å². The lowest BCUT2D eigenvalue weighted by atomic mass is 9.52. The Bertz CT molecular complexity index is 667. The van der Waals surface area contributed by atoms with E-state index in [2.05, 4.69) is 6.58 Å². The lowest BCUT2D eigenvalue weighted by molar-refractivity contribution is -0.146. The fourth-order valence-corrected chi connectivity index (χ4v) is 2.89. The van der Waals surface area contributed by atoms with E-state index in [-0.39, 0.29) is 19.5 Å². The average Bonchev–Trinajstić information content (AvgIpc) is 2.51. The van der Waals surface area contributed by atoms with Gasteiger partial charge in [0.2, 0.25) is 0 Å². The number of nitrogens with zero attached hydrogens (tertiary/aromatic N) is 1. The predicted octanol–water partition coefficient (Wildman–Crippen LogP) is 1.46. The molecular formula is C18H22BNO5. The fraction of sp³-hybridized carbons (Fsp3) is 0.389. The first kappa shape index (κ1) is 18.9. The van der Waals surface area contributed by atoms with Gasteiger partial charge in [-0.15, -0.1) is 6.58 Å². The van der Waals surface area contributed by atoms with Gasteiger partial charge in [0.1, 0.15) is 11.6 Å². The number of allylic oxidation sites excluding steroid dienone is 1. The Morgan fingerprint density at radius 3 is 2.20 bits per heavy atom. The summed E-state index contributed by atoms with van der Waals surface area (Å²) < 4.78 is 10.8. The van der Waals surface area contributed by atoms with E-state index in [1.54, 1.807) is 26.1 Å². The van der Waals surface area contributed by atoms with Crippen LogP contribution >= 0.6 is 0 Å². The first-order valence-corrected chi connectivity index (χ1v) is 8.02. The molecule has 1 aliphatic rings. The SMILES string of the molecule is C=C(C)CC(C=O)(B1OC(=O)CN(C)CC(=O)O1)c1ccc(C)cc1. The Labute approximate surface area is 147 Å². The molecule has 0 spiro atoms. The minimum Gasteiger partial charge on any atom is -0.497 e. The first-order valence-electron chi connectivity index (χ1n) is 8.02. The van der Waals surface area contributed by atoms with Crippen molar-refractivity contribution in [3.8, 4) is 0 Å². The summed E-state index contributed by atoms with van der Waals surface area (Å²) in [5.74, 6) is -1.11. The molecule has 1 saturated heterocycles. The van der Waals surface area contributed by atoms with Crippen LogP contribution in [0.2, 0.25) is 0 Å². The average molecular weight is 343 g/mol. The molecule has 7 heteroatoms. The van der Waals surface area contributed by atoms with Crippen LogP contribution in [0.5, 0.6) is 0 Å². The van der Waals surface area contributed by atoms with Crippen LogP contribution in [-0.4, -0.2) is 50.4 Å². The molecule has 2 rings (SSSR count). The van der Waals surface area contributed by atoms with Crippen LogP contribution in [0.4, 0.5) is 0 Å². The fourth-order valence-electron chi connectivity index (χ4n) is 2.89. The molecule has 1 unspecified atom stereocenters. The molecule has 1 atom stereocenters. The van der Waals surface area contributed by atoms with Crippen LogP contribution < -0.4 is 0 Å². The number of hydrogen-bond acceptors (Lipinski definition) is 6. The molecule has 0 radical (unpaired) electrons. The number of hydrogen-bond donors (Lipinski definition) is 0. The van der Waals surface area contributed by atoms with Crippen molar-refractivity contribution < 1.29 is 23.7 Å². The Morgan fingerprint density at radius 2 is 1.76 bits per heavy atom. The second-order valence-electron chi connectivity index (χ2n) is 6.64. The minimum atomic E-state index is -1.34. The highest BCUT2D eigenvalue weighted by Gasteiger charge is 2.53. The number of likely N-dealkylation sites (N-methyl/N-ethyl adjacent to an activating group) is 1. The predicted molar refractivity (Wildman–Crippen MR) is 93.8 cm³/mol. The third-order valence-corrected chi connectivity index (χ3v) is 4.09. The lowest BCUT2D eigenvalue weighted by Crippen LogP contribution is -2.54. The molecule has 1 aromatic carbocycles. The van der Waals surface area contributed by atoms with E-state index in [1.807, 2.05) is 19.1 Å². The number of rotatable bonds is 5. The highest BCUT2D eigenvalue weighted by Crippen LogP contribution is 2.33. The van der Waals surface area contributed by atoms with E-state index in [1.165, 1.54) is 4.90 Å². The van der Waals surface area contributed by atoms with Crippen molar-refractivity contribution in [1.82, 2.24) is 4.90 Å². The zero-order valence-corrected chi connectivity index (χ0v) is 14.8. The number of aldehydes is 1. The summed E-state index contributed by atoms with van der Waals surface area (Å²) in [6.45, 7) is 7.46. The zero-order chi connectivity index (χ0) is 18.6. The Balaban J connectivity index is 2.50. The van der Waals surface area contributed by atoms with Crippen molar-refractivity contribution in [2.24, 2.45) is 0 Å². The molecule has 1 aromatic rings. The van der Waals surface area contributed by atoms with Crippen LogP contribution in [0.1, 0.15) is 24.5 Å². The molecule has 0 saturated carbocycles. The largest absolute Gasteiger partial charge is 0.617 e. The minimum absolute atomic E-state index is 0.0541. The van der Waals surface area contributed by atoms with Gasteiger partial charge < -0.3 is 14.1 Å². The van der Waals surface area contributed by atoms with Crippen LogP contribution in [0.25, 0.3) is 0 Å². The molecule has 0 bridgehead atoms. The van der Waals surface area contributed by atoms with Crippen LogP contribution in [0.3, 0.4) is 0 Å². The summed E-state index contributed by atoms with van der Waals surface area (Å²) in [7, 11) is 0.280. The summed E-state index contributed by atoms with van der Waals surface area (Å²) in [5.41, 5.74) is 2.33. The van der Waals surface area contributed by atoms with Gasteiger partial charge in [0.15, 0.2) is 0 Å². The van der Waals surface area contributed by atoms with E-state index < -0.39 is 24.4 Å². The van der Waals surface area contributed by atoms with Gasteiger partial charge in [-0.1, -0.05) is 35.4 Å². The van der Waals surface area contributed by atoms with Gasteiger partial charge in [0.25, 0.3) is 0 Å². The van der Waals surface area contributed by atoms with Crippen molar-refractivity contribution >= 4 is 25.3 Å². The van der Waals surface area contributed by atoms with E-state index in [0.717, 1.165) is 5.56 Å². The van der Waals surface area contributed by atoms with Gasteiger partial charge in [-0.3, -0.25) is 14.5 Å². The quantitative estimate of drug-likeness (QED) is 0.458. The third kappa shape index (κ3) is 4.36. The van der Waals surface area contributed by atoms with E-state index in [4.69, 9.17) is 9.31 Å². The normalized spacial score (nSPS) is 18.4. The number of aryl methyl sites for hydroxylation is 1. The Kier molecular flexibility index (Phi) is 5.79. The number of carbonyl (C=O) groups excluding carboxylic acids is 3. The van der Waals surface area contributed by atoms with Crippen molar-refractivity contribution in [1.29, 1.82) is 0 Å². The van der Waals surface area contributed by atoms with Crippen LogP contribution in [-0.2, 0) is 29.0 Å². The highest BCUT2D eigenvalue weighted by atomic mass is 16.6. The van der Waals surface area contributed by atoms with E-state index in [9.17, 15) is 14.4 Å². The summed E-state index contributed by atoms with van der Waals surface area (Å²) in [6, 6.07) is 7.26. The third-order valence-electron chi connectivity index (χ3n) is 4.09. The van der Waals surface area contributed by atoms with E-state index >= 15 is 0 Å². The first-order chi connectivity index (χ1) is 11.8. The van der Waals surface area contributed by atoms with Crippen molar-refractivity contribution in [3.05, 3.63) is 47.5 Å². The smallest absolute Gasteiger partial charge is 0.497 e.